The van der Waals surface area contributed by atoms with Crippen LogP contribution in [0.1, 0.15) is 30.2 Å². The Labute approximate surface area is 88.5 Å². The lowest BCUT2D eigenvalue weighted by molar-refractivity contribution is 0.494. The SMILES string of the molecule is CC1CCc2nc(Cl)c(C#N)cc2C1. The summed E-state index contributed by atoms with van der Waals surface area (Å²) < 4.78 is 0. The van der Waals surface area contributed by atoms with Gasteiger partial charge in [-0.25, -0.2) is 4.98 Å². The van der Waals surface area contributed by atoms with Crippen LogP contribution >= 0.6 is 11.6 Å². The van der Waals surface area contributed by atoms with E-state index in [-0.39, 0.29) is 0 Å². The topological polar surface area (TPSA) is 36.7 Å². The van der Waals surface area contributed by atoms with Crippen LogP contribution in [-0.4, -0.2) is 4.98 Å². The van der Waals surface area contributed by atoms with Crippen LogP contribution in [0.3, 0.4) is 0 Å². The third-order valence-corrected chi connectivity index (χ3v) is 3.00. The van der Waals surface area contributed by atoms with Gasteiger partial charge in [0, 0.05) is 5.69 Å². The Morgan fingerprint density at radius 2 is 2.43 bits per heavy atom. The van der Waals surface area contributed by atoms with E-state index in [4.69, 9.17) is 16.9 Å². The first-order chi connectivity index (χ1) is 6.70. The van der Waals surface area contributed by atoms with Crippen molar-refractivity contribution in [2.24, 2.45) is 5.92 Å². The number of nitriles is 1. The molecule has 72 valence electrons. The number of pyridine rings is 1. The minimum atomic E-state index is 0.348. The largest absolute Gasteiger partial charge is 0.239 e. The van der Waals surface area contributed by atoms with E-state index in [1.807, 2.05) is 6.07 Å². The molecule has 0 aromatic carbocycles. The Morgan fingerprint density at radius 1 is 1.64 bits per heavy atom. The molecule has 1 aliphatic rings. The van der Waals surface area contributed by atoms with Gasteiger partial charge in [-0.05, 0) is 36.8 Å². The number of halogens is 1. The molecule has 0 saturated heterocycles. The molecular formula is C11H11ClN2. The van der Waals surface area contributed by atoms with E-state index in [0.29, 0.717) is 16.6 Å². The second-order valence-corrected chi connectivity index (χ2v) is 4.25. The fourth-order valence-electron chi connectivity index (χ4n) is 1.90. The number of hydrogen-bond donors (Lipinski definition) is 0. The number of fused-ring (bicyclic) bond motifs is 1. The van der Waals surface area contributed by atoms with Crippen molar-refractivity contribution in [3.05, 3.63) is 28.0 Å². The average molecular weight is 207 g/mol. The van der Waals surface area contributed by atoms with Gasteiger partial charge < -0.3 is 0 Å². The molecular weight excluding hydrogens is 196 g/mol. The maximum Gasteiger partial charge on any atom is 0.147 e. The maximum atomic E-state index is 8.81. The van der Waals surface area contributed by atoms with E-state index in [0.717, 1.165) is 18.5 Å². The molecule has 2 rings (SSSR count). The maximum absolute atomic E-state index is 8.81. The summed E-state index contributed by atoms with van der Waals surface area (Å²) in [6.07, 6.45) is 3.18. The third-order valence-electron chi connectivity index (χ3n) is 2.71. The molecule has 1 unspecified atom stereocenters. The molecule has 0 aliphatic heterocycles. The van der Waals surface area contributed by atoms with Crippen molar-refractivity contribution < 1.29 is 0 Å². The summed E-state index contributed by atoms with van der Waals surface area (Å²) >= 11 is 5.86. The highest BCUT2D eigenvalue weighted by Gasteiger charge is 2.18. The zero-order valence-corrected chi connectivity index (χ0v) is 8.80. The van der Waals surface area contributed by atoms with Crippen LogP contribution in [-0.2, 0) is 12.8 Å². The Hall–Kier alpha value is -1.07. The molecule has 0 spiro atoms. The summed E-state index contributed by atoms with van der Waals surface area (Å²) in [5.41, 5.74) is 2.77. The highest BCUT2D eigenvalue weighted by Crippen LogP contribution is 2.26. The molecule has 3 heteroatoms. The predicted molar refractivity (Wildman–Crippen MR) is 55.2 cm³/mol. The van der Waals surface area contributed by atoms with E-state index < -0.39 is 0 Å². The molecule has 0 radical (unpaired) electrons. The molecule has 0 N–H and O–H groups in total. The fraction of sp³-hybridized carbons (Fsp3) is 0.455. The highest BCUT2D eigenvalue weighted by molar-refractivity contribution is 6.30. The first-order valence-electron chi connectivity index (χ1n) is 4.79. The normalized spacial score (nSPS) is 19.9. The van der Waals surface area contributed by atoms with E-state index in [1.165, 1.54) is 12.0 Å². The Balaban J connectivity index is 2.47. The highest BCUT2D eigenvalue weighted by atomic mass is 35.5. The van der Waals surface area contributed by atoms with Crippen molar-refractivity contribution in [2.45, 2.75) is 26.2 Å². The number of aryl methyl sites for hydroxylation is 1. The third kappa shape index (κ3) is 1.60. The van der Waals surface area contributed by atoms with Crippen molar-refractivity contribution in [2.75, 3.05) is 0 Å². The first kappa shape index (κ1) is 9.48. The molecule has 0 bridgehead atoms. The Kier molecular flexibility index (Phi) is 2.43. The van der Waals surface area contributed by atoms with Crippen LogP contribution < -0.4 is 0 Å². The monoisotopic (exact) mass is 206 g/mol. The van der Waals surface area contributed by atoms with Crippen molar-refractivity contribution in [3.63, 3.8) is 0 Å². The number of rotatable bonds is 0. The van der Waals surface area contributed by atoms with Gasteiger partial charge in [-0.15, -0.1) is 0 Å². The average Bonchev–Trinajstić information content (AvgIpc) is 2.17. The molecule has 0 saturated carbocycles. The molecule has 1 heterocycles. The molecule has 1 aromatic rings. The zero-order chi connectivity index (χ0) is 10.1. The van der Waals surface area contributed by atoms with Crippen LogP contribution in [0.4, 0.5) is 0 Å². The Bertz CT molecular complexity index is 406. The lowest BCUT2D eigenvalue weighted by Gasteiger charge is -2.20. The van der Waals surface area contributed by atoms with Gasteiger partial charge in [-0.3, -0.25) is 0 Å². The molecule has 14 heavy (non-hydrogen) atoms. The van der Waals surface area contributed by atoms with Gasteiger partial charge in [-0.1, -0.05) is 18.5 Å². The van der Waals surface area contributed by atoms with Gasteiger partial charge >= 0.3 is 0 Å². The van der Waals surface area contributed by atoms with Crippen LogP contribution in [0, 0.1) is 17.2 Å². The molecule has 1 aliphatic carbocycles. The van der Waals surface area contributed by atoms with Crippen molar-refractivity contribution >= 4 is 11.6 Å². The molecule has 0 amide bonds. The van der Waals surface area contributed by atoms with Gasteiger partial charge in [0.15, 0.2) is 0 Å². The van der Waals surface area contributed by atoms with E-state index in [9.17, 15) is 0 Å². The summed E-state index contributed by atoms with van der Waals surface area (Å²) in [7, 11) is 0. The summed E-state index contributed by atoms with van der Waals surface area (Å²) in [6, 6.07) is 3.95. The smallest absolute Gasteiger partial charge is 0.147 e. The van der Waals surface area contributed by atoms with Crippen molar-refractivity contribution in [3.8, 4) is 6.07 Å². The Morgan fingerprint density at radius 3 is 3.14 bits per heavy atom. The van der Waals surface area contributed by atoms with Crippen LogP contribution in [0.25, 0.3) is 0 Å². The minimum Gasteiger partial charge on any atom is -0.239 e. The van der Waals surface area contributed by atoms with Crippen molar-refractivity contribution in [1.82, 2.24) is 4.98 Å². The van der Waals surface area contributed by atoms with E-state index in [2.05, 4.69) is 18.0 Å². The van der Waals surface area contributed by atoms with Crippen LogP contribution in [0.5, 0.6) is 0 Å². The van der Waals surface area contributed by atoms with Gasteiger partial charge in [-0.2, -0.15) is 5.26 Å². The standard InChI is InChI=1S/C11H11ClN2/c1-7-2-3-10-8(4-7)5-9(6-13)11(12)14-10/h5,7H,2-4H2,1H3. The van der Waals surface area contributed by atoms with Crippen LogP contribution in [0.15, 0.2) is 6.07 Å². The summed E-state index contributed by atoms with van der Waals surface area (Å²) in [5.74, 6) is 0.692. The number of nitrogens with zero attached hydrogens (tertiary/aromatic N) is 2. The zero-order valence-electron chi connectivity index (χ0n) is 8.05. The lowest BCUT2D eigenvalue weighted by Crippen LogP contribution is -2.13. The molecule has 0 fully saturated rings. The van der Waals surface area contributed by atoms with E-state index in [1.54, 1.807) is 0 Å². The van der Waals surface area contributed by atoms with Gasteiger partial charge in [0.1, 0.15) is 11.2 Å². The first-order valence-corrected chi connectivity index (χ1v) is 5.17. The quantitative estimate of drug-likeness (QED) is 0.612. The summed E-state index contributed by atoms with van der Waals surface area (Å²) in [4.78, 5) is 4.26. The van der Waals surface area contributed by atoms with Gasteiger partial charge in [0.25, 0.3) is 0 Å². The van der Waals surface area contributed by atoms with Gasteiger partial charge in [0.05, 0.1) is 5.56 Å². The molecule has 1 aromatic heterocycles. The van der Waals surface area contributed by atoms with E-state index >= 15 is 0 Å². The second-order valence-electron chi connectivity index (χ2n) is 3.89. The van der Waals surface area contributed by atoms with Crippen molar-refractivity contribution in [1.29, 1.82) is 5.26 Å². The lowest BCUT2D eigenvalue weighted by atomic mass is 9.87. The summed E-state index contributed by atoms with van der Waals surface area (Å²) in [6.45, 7) is 2.23. The van der Waals surface area contributed by atoms with Crippen LogP contribution in [0.2, 0.25) is 5.15 Å². The number of aromatic nitrogens is 1. The fourth-order valence-corrected chi connectivity index (χ4v) is 2.10. The summed E-state index contributed by atoms with van der Waals surface area (Å²) in [5, 5.41) is 9.16. The predicted octanol–water partition coefficient (Wildman–Crippen LogP) is 2.73. The number of hydrogen-bond acceptors (Lipinski definition) is 2. The van der Waals surface area contributed by atoms with Gasteiger partial charge in [0.2, 0.25) is 0 Å². The molecule has 2 nitrogen and oxygen atoms in total. The minimum absolute atomic E-state index is 0.348. The molecule has 1 atom stereocenters. The second kappa shape index (κ2) is 3.59.